The fourth-order valence-electron chi connectivity index (χ4n) is 3.65. The molecule has 9 nitrogen and oxygen atoms in total. The van der Waals surface area contributed by atoms with Crippen molar-refractivity contribution in [3.05, 3.63) is 93.2 Å². The zero-order valence-corrected chi connectivity index (χ0v) is 18.2. The van der Waals surface area contributed by atoms with E-state index in [0.717, 1.165) is 4.90 Å². The number of nitro groups is 1. The number of Topliss-reactive ketones (excluding diaryl/α,β-unsaturated/α-hetero) is 1. The molecule has 1 aliphatic rings. The van der Waals surface area contributed by atoms with Gasteiger partial charge in [-0.05, 0) is 17.7 Å². The number of aliphatic hydroxyl groups is 1. The highest BCUT2D eigenvalue weighted by atomic mass is 16.6. The van der Waals surface area contributed by atoms with Gasteiger partial charge in [0, 0.05) is 29.2 Å². The van der Waals surface area contributed by atoms with Crippen LogP contribution in [0.4, 0.5) is 11.5 Å². The van der Waals surface area contributed by atoms with Gasteiger partial charge in [0.15, 0.2) is 5.82 Å². The van der Waals surface area contributed by atoms with Crippen LogP contribution in [0.5, 0.6) is 0 Å². The lowest BCUT2D eigenvalue weighted by Crippen LogP contribution is -2.29. The lowest BCUT2D eigenvalue weighted by atomic mass is 9.93. The zero-order chi connectivity index (χ0) is 23.9. The minimum atomic E-state index is -1.05. The molecule has 1 saturated heterocycles. The van der Waals surface area contributed by atoms with Crippen molar-refractivity contribution in [2.45, 2.75) is 32.2 Å². The summed E-state index contributed by atoms with van der Waals surface area (Å²) in [6.07, 6.45) is 0. The summed E-state index contributed by atoms with van der Waals surface area (Å²) >= 11 is 0. The number of hydrogen-bond acceptors (Lipinski definition) is 7. The van der Waals surface area contributed by atoms with Gasteiger partial charge in [0.25, 0.3) is 11.5 Å². The van der Waals surface area contributed by atoms with Gasteiger partial charge in [0.2, 0.25) is 0 Å². The lowest BCUT2D eigenvalue weighted by Gasteiger charge is -2.22. The van der Waals surface area contributed by atoms with Crippen LogP contribution in [0.3, 0.4) is 0 Å². The van der Waals surface area contributed by atoms with E-state index in [-0.39, 0.29) is 22.8 Å². The molecule has 1 aliphatic heterocycles. The second kappa shape index (κ2) is 8.01. The Morgan fingerprint density at radius 3 is 2.27 bits per heavy atom. The number of amides is 1. The molecule has 0 unspecified atom stereocenters. The van der Waals surface area contributed by atoms with Gasteiger partial charge in [0.1, 0.15) is 11.5 Å². The van der Waals surface area contributed by atoms with E-state index in [1.54, 1.807) is 36.4 Å². The Balaban J connectivity index is 1.91. The predicted octanol–water partition coefficient (Wildman–Crippen LogP) is 4.51. The van der Waals surface area contributed by atoms with Gasteiger partial charge in [-0.15, -0.1) is 0 Å². The van der Waals surface area contributed by atoms with Crippen molar-refractivity contribution in [2.75, 3.05) is 4.90 Å². The molecule has 0 spiro atoms. The minimum Gasteiger partial charge on any atom is -0.507 e. The normalized spacial score (nSPS) is 18.0. The maximum Gasteiger partial charge on any atom is 0.301 e. The molecule has 1 amide bonds. The van der Waals surface area contributed by atoms with Gasteiger partial charge >= 0.3 is 5.91 Å². The Kier molecular flexibility index (Phi) is 5.33. The van der Waals surface area contributed by atoms with Crippen molar-refractivity contribution in [3.63, 3.8) is 0 Å². The third-order valence-corrected chi connectivity index (χ3v) is 5.40. The SMILES string of the molecule is CC(C)(C)c1cc(N2C(=O)C(=O)C(=C(O)c3ccccc3)[C@@H]2c2ccc([N+](=O)[O-])cc2)no1. The number of aliphatic hydroxyl groups excluding tert-OH is 1. The molecule has 9 heteroatoms. The molecule has 2 aromatic carbocycles. The summed E-state index contributed by atoms with van der Waals surface area (Å²) in [4.78, 5) is 37.9. The van der Waals surface area contributed by atoms with E-state index >= 15 is 0 Å². The molecular formula is C24H21N3O6. The zero-order valence-electron chi connectivity index (χ0n) is 18.2. The molecule has 1 fully saturated rings. The van der Waals surface area contributed by atoms with Crippen molar-refractivity contribution in [3.8, 4) is 0 Å². The van der Waals surface area contributed by atoms with E-state index in [1.165, 1.54) is 24.3 Å². The van der Waals surface area contributed by atoms with Crippen LogP contribution in [-0.4, -0.2) is 26.9 Å². The Labute approximate surface area is 189 Å². The van der Waals surface area contributed by atoms with Crippen LogP contribution in [-0.2, 0) is 15.0 Å². The Morgan fingerprint density at radius 2 is 1.73 bits per heavy atom. The monoisotopic (exact) mass is 447 g/mol. The van der Waals surface area contributed by atoms with E-state index in [9.17, 15) is 24.8 Å². The number of aromatic nitrogens is 1. The highest BCUT2D eigenvalue weighted by Gasteiger charge is 2.48. The van der Waals surface area contributed by atoms with E-state index in [1.807, 2.05) is 20.8 Å². The van der Waals surface area contributed by atoms with E-state index in [2.05, 4.69) is 5.16 Å². The fraction of sp³-hybridized carbons (Fsp3) is 0.208. The van der Waals surface area contributed by atoms with Crippen molar-refractivity contribution < 1.29 is 24.1 Å². The first-order chi connectivity index (χ1) is 15.6. The highest BCUT2D eigenvalue weighted by Crippen LogP contribution is 2.42. The molecule has 1 N–H and O–H groups in total. The average Bonchev–Trinajstić information content (AvgIpc) is 3.37. The number of nitro benzene ring substituents is 1. The van der Waals surface area contributed by atoms with Gasteiger partial charge < -0.3 is 9.63 Å². The van der Waals surface area contributed by atoms with Gasteiger partial charge in [0.05, 0.1) is 16.5 Å². The van der Waals surface area contributed by atoms with Gasteiger partial charge in [-0.1, -0.05) is 56.3 Å². The molecular weight excluding hydrogens is 426 g/mol. The summed E-state index contributed by atoms with van der Waals surface area (Å²) < 4.78 is 5.42. The molecule has 1 atom stereocenters. The number of anilines is 1. The topological polar surface area (TPSA) is 127 Å². The number of nitrogens with zero attached hydrogens (tertiary/aromatic N) is 3. The van der Waals surface area contributed by atoms with Crippen LogP contribution >= 0.6 is 0 Å². The Morgan fingerprint density at radius 1 is 1.09 bits per heavy atom. The van der Waals surface area contributed by atoms with Crippen LogP contribution in [0.2, 0.25) is 0 Å². The fourth-order valence-corrected chi connectivity index (χ4v) is 3.65. The van der Waals surface area contributed by atoms with Gasteiger partial charge in [-0.25, -0.2) is 0 Å². The second-order valence-corrected chi connectivity index (χ2v) is 8.68. The third kappa shape index (κ3) is 3.89. The maximum atomic E-state index is 13.1. The average molecular weight is 447 g/mol. The first-order valence-corrected chi connectivity index (χ1v) is 10.2. The summed E-state index contributed by atoms with van der Waals surface area (Å²) in [5.74, 6) is -1.51. The quantitative estimate of drug-likeness (QED) is 0.205. The number of rotatable bonds is 4. The summed E-state index contributed by atoms with van der Waals surface area (Å²) in [5.41, 5.74) is 0.0808. The number of hydrogen-bond donors (Lipinski definition) is 1. The number of carbonyl (C=O) groups excluding carboxylic acids is 2. The number of non-ortho nitro benzene ring substituents is 1. The van der Waals surface area contributed by atoms with Crippen molar-refractivity contribution in [1.82, 2.24) is 5.16 Å². The van der Waals surface area contributed by atoms with Crippen LogP contribution in [0.1, 0.15) is 43.7 Å². The van der Waals surface area contributed by atoms with Crippen molar-refractivity contribution in [1.29, 1.82) is 0 Å². The van der Waals surface area contributed by atoms with Crippen LogP contribution in [0, 0.1) is 10.1 Å². The molecule has 0 radical (unpaired) electrons. The number of carbonyl (C=O) groups is 2. The molecule has 2 heterocycles. The largest absolute Gasteiger partial charge is 0.507 e. The van der Waals surface area contributed by atoms with E-state index in [0.29, 0.717) is 16.9 Å². The predicted molar refractivity (Wildman–Crippen MR) is 120 cm³/mol. The number of ketones is 1. The number of benzene rings is 2. The maximum absolute atomic E-state index is 13.1. The summed E-state index contributed by atoms with van der Waals surface area (Å²) in [7, 11) is 0. The standard InChI is InChI=1S/C24H21N3O6/c1-24(2,3)17-13-18(25-33-17)26-20(14-9-11-16(12-10-14)27(31)32)19(22(29)23(26)30)21(28)15-7-5-4-6-8-15/h4-13,20,28H,1-3H3/t20-/m0/s1. The first kappa shape index (κ1) is 21.9. The Hall–Kier alpha value is -4.27. The van der Waals surface area contributed by atoms with E-state index in [4.69, 9.17) is 4.52 Å². The molecule has 3 aromatic rings. The molecule has 4 rings (SSSR count). The Bertz CT molecular complexity index is 1270. The molecule has 168 valence electrons. The molecule has 0 bridgehead atoms. The third-order valence-electron chi connectivity index (χ3n) is 5.40. The van der Waals surface area contributed by atoms with Crippen LogP contribution in [0.15, 0.2) is 70.8 Å². The first-order valence-electron chi connectivity index (χ1n) is 10.2. The molecule has 33 heavy (non-hydrogen) atoms. The van der Waals surface area contributed by atoms with E-state index < -0.39 is 28.1 Å². The summed E-state index contributed by atoms with van der Waals surface area (Å²) in [5, 5.41) is 26.1. The van der Waals surface area contributed by atoms with Crippen LogP contribution in [0.25, 0.3) is 5.76 Å². The lowest BCUT2D eigenvalue weighted by molar-refractivity contribution is -0.384. The van der Waals surface area contributed by atoms with Crippen LogP contribution < -0.4 is 4.90 Å². The van der Waals surface area contributed by atoms with Gasteiger partial charge in [-0.3, -0.25) is 24.6 Å². The molecule has 1 aromatic heterocycles. The minimum absolute atomic E-state index is 0.109. The summed E-state index contributed by atoms with van der Waals surface area (Å²) in [6.45, 7) is 5.73. The molecule has 0 saturated carbocycles. The van der Waals surface area contributed by atoms with Gasteiger partial charge in [-0.2, -0.15) is 0 Å². The second-order valence-electron chi connectivity index (χ2n) is 8.68. The smallest absolute Gasteiger partial charge is 0.301 e. The summed E-state index contributed by atoms with van der Waals surface area (Å²) in [6, 6.07) is 14.4. The van der Waals surface area contributed by atoms with Crippen molar-refractivity contribution >= 4 is 29.0 Å². The highest BCUT2D eigenvalue weighted by molar-refractivity contribution is 6.51. The van der Waals surface area contributed by atoms with Crippen molar-refractivity contribution in [2.24, 2.45) is 0 Å². The molecule has 0 aliphatic carbocycles.